The third-order valence-corrected chi connectivity index (χ3v) is 6.44. The number of ether oxygens (including phenoxy) is 1. The molecule has 0 bridgehead atoms. The zero-order valence-corrected chi connectivity index (χ0v) is 19.0. The van der Waals surface area contributed by atoms with Gasteiger partial charge >= 0.3 is 0 Å². The Kier molecular flexibility index (Phi) is 7.27. The number of hydrogen-bond acceptors (Lipinski definition) is 5. The van der Waals surface area contributed by atoms with E-state index in [1.54, 1.807) is 4.90 Å². The van der Waals surface area contributed by atoms with Crippen LogP contribution in [0.25, 0.3) is 11.4 Å². The first-order valence-electron chi connectivity index (χ1n) is 10.4. The molecule has 1 saturated heterocycles. The number of amides is 1. The molecule has 0 unspecified atom stereocenters. The van der Waals surface area contributed by atoms with Gasteiger partial charge in [0.2, 0.25) is 5.91 Å². The summed E-state index contributed by atoms with van der Waals surface area (Å²) in [4.78, 5) is 14.7. The molecule has 6 nitrogen and oxygen atoms in total. The molecule has 1 amide bonds. The molecule has 1 atom stereocenters. The lowest BCUT2D eigenvalue weighted by molar-refractivity contribution is -0.116. The molecule has 0 N–H and O–H groups in total. The number of nitrogens with zero attached hydrogens (tertiary/aromatic N) is 4. The van der Waals surface area contributed by atoms with E-state index in [-0.39, 0.29) is 17.8 Å². The number of rotatable bonds is 8. The molecule has 31 heavy (non-hydrogen) atoms. The fourth-order valence-corrected chi connectivity index (χ4v) is 4.63. The number of halogens is 1. The van der Waals surface area contributed by atoms with Crippen LogP contribution in [0.2, 0.25) is 5.02 Å². The standard InChI is InChI=1S/C23H25ClN4O2S/c1-2-27(19-7-4-3-5-8-19)21(29)16-31-23-26-25-22(17-10-12-18(24)13-11-17)28(23)15-20-9-6-14-30-20/h3-5,7-8,10-13,20H,2,6,9,14-16H2,1H3/t20-/m1/s1. The van der Waals surface area contributed by atoms with E-state index in [0.717, 1.165) is 41.7 Å². The summed E-state index contributed by atoms with van der Waals surface area (Å²) < 4.78 is 7.91. The number of hydrogen-bond donors (Lipinski definition) is 0. The summed E-state index contributed by atoms with van der Waals surface area (Å²) in [5.41, 5.74) is 1.84. The maximum Gasteiger partial charge on any atom is 0.237 e. The summed E-state index contributed by atoms with van der Waals surface area (Å²) in [6.45, 7) is 4.04. The predicted molar refractivity (Wildman–Crippen MR) is 125 cm³/mol. The molecule has 0 aliphatic carbocycles. The summed E-state index contributed by atoms with van der Waals surface area (Å²) in [6, 6.07) is 17.3. The highest BCUT2D eigenvalue weighted by Crippen LogP contribution is 2.28. The first-order valence-corrected chi connectivity index (χ1v) is 11.8. The van der Waals surface area contributed by atoms with Crippen LogP contribution in [0.3, 0.4) is 0 Å². The van der Waals surface area contributed by atoms with Crippen LogP contribution in [0, 0.1) is 0 Å². The lowest BCUT2D eigenvalue weighted by atomic mass is 10.2. The van der Waals surface area contributed by atoms with Crippen molar-refractivity contribution in [3.63, 3.8) is 0 Å². The molecule has 2 aromatic carbocycles. The quantitative estimate of drug-likeness (QED) is 0.450. The monoisotopic (exact) mass is 456 g/mol. The molecule has 3 aromatic rings. The Morgan fingerprint density at radius 3 is 2.65 bits per heavy atom. The third kappa shape index (κ3) is 5.29. The van der Waals surface area contributed by atoms with Gasteiger partial charge in [0, 0.05) is 29.4 Å². The zero-order valence-electron chi connectivity index (χ0n) is 17.4. The van der Waals surface area contributed by atoms with E-state index in [1.807, 2.05) is 61.5 Å². The SMILES string of the molecule is CCN(C(=O)CSc1nnc(-c2ccc(Cl)cc2)n1C[C@H]1CCCO1)c1ccccc1. The molecule has 1 aliphatic rings. The second-order valence-corrected chi connectivity index (χ2v) is 8.70. The Morgan fingerprint density at radius 2 is 1.97 bits per heavy atom. The van der Waals surface area contributed by atoms with Gasteiger partial charge in [-0.05, 0) is 56.2 Å². The average Bonchev–Trinajstić information content (AvgIpc) is 3.45. The largest absolute Gasteiger partial charge is 0.376 e. The molecule has 0 radical (unpaired) electrons. The van der Waals surface area contributed by atoms with Gasteiger partial charge in [-0.2, -0.15) is 0 Å². The highest BCUT2D eigenvalue weighted by atomic mass is 35.5. The Labute approximate surface area is 191 Å². The van der Waals surface area contributed by atoms with Crippen molar-refractivity contribution in [3.8, 4) is 11.4 Å². The minimum Gasteiger partial charge on any atom is -0.376 e. The second-order valence-electron chi connectivity index (χ2n) is 7.32. The molecule has 162 valence electrons. The van der Waals surface area contributed by atoms with E-state index in [9.17, 15) is 4.79 Å². The Balaban J connectivity index is 1.54. The van der Waals surface area contributed by atoms with Gasteiger partial charge in [0.15, 0.2) is 11.0 Å². The van der Waals surface area contributed by atoms with E-state index in [4.69, 9.17) is 16.3 Å². The molecule has 1 aromatic heterocycles. The fraction of sp³-hybridized carbons (Fsp3) is 0.348. The first-order chi connectivity index (χ1) is 15.2. The number of aromatic nitrogens is 3. The highest BCUT2D eigenvalue weighted by molar-refractivity contribution is 7.99. The van der Waals surface area contributed by atoms with Crippen LogP contribution >= 0.6 is 23.4 Å². The smallest absolute Gasteiger partial charge is 0.237 e. The predicted octanol–water partition coefficient (Wildman–Crippen LogP) is 4.92. The van der Waals surface area contributed by atoms with Gasteiger partial charge in [0.05, 0.1) is 18.4 Å². The van der Waals surface area contributed by atoms with E-state index >= 15 is 0 Å². The summed E-state index contributed by atoms with van der Waals surface area (Å²) in [5.74, 6) is 1.09. The van der Waals surface area contributed by atoms with Crippen LogP contribution in [-0.2, 0) is 16.1 Å². The van der Waals surface area contributed by atoms with Crippen molar-refractivity contribution in [1.29, 1.82) is 0 Å². The van der Waals surface area contributed by atoms with Crippen LogP contribution in [0.1, 0.15) is 19.8 Å². The summed E-state index contributed by atoms with van der Waals surface area (Å²) in [5, 5.41) is 10.2. The van der Waals surface area contributed by atoms with Gasteiger partial charge in [-0.3, -0.25) is 9.36 Å². The van der Waals surface area contributed by atoms with Crippen LogP contribution in [0.4, 0.5) is 5.69 Å². The maximum atomic E-state index is 12.9. The second kappa shape index (κ2) is 10.3. The Hall–Kier alpha value is -2.35. The molecule has 1 aliphatic heterocycles. The van der Waals surface area contributed by atoms with Crippen LogP contribution < -0.4 is 4.90 Å². The minimum atomic E-state index is 0.0402. The number of para-hydroxylation sites is 1. The van der Waals surface area contributed by atoms with Crippen molar-refractivity contribution < 1.29 is 9.53 Å². The van der Waals surface area contributed by atoms with Crippen molar-refractivity contribution >= 4 is 35.0 Å². The molecule has 1 fully saturated rings. The highest BCUT2D eigenvalue weighted by Gasteiger charge is 2.23. The topological polar surface area (TPSA) is 60.2 Å². The van der Waals surface area contributed by atoms with Crippen LogP contribution in [0.15, 0.2) is 59.8 Å². The van der Waals surface area contributed by atoms with Gasteiger partial charge in [-0.1, -0.05) is 41.6 Å². The number of benzene rings is 2. The van der Waals surface area contributed by atoms with Gasteiger partial charge in [0.1, 0.15) is 0 Å². The van der Waals surface area contributed by atoms with E-state index < -0.39 is 0 Å². The van der Waals surface area contributed by atoms with E-state index in [0.29, 0.717) is 18.1 Å². The fourth-order valence-electron chi connectivity index (χ4n) is 3.68. The van der Waals surface area contributed by atoms with Crippen molar-refractivity contribution in [2.24, 2.45) is 0 Å². The molecule has 8 heteroatoms. The summed E-state index contributed by atoms with van der Waals surface area (Å²) >= 11 is 7.46. The average molecular weight is 457 g/mol. The lowest BCUT2D eigenvalue weighted by Gasteiger charge is -2.21. The Bertz CT molecular complexity index is 1000. The van der Waals surface area contributed by atoms with Gasteiger partial charge < -0.3 is 9.64 Å². The van der Waals surface area contributed by atoms with Gasteiger partial charge in [-0.25, -0.2) is 0 Å². The lowest BCUT2D eigenvalue weighted by Crippen LogP contribution is -2.32. The number of carbonyl (C=O) groups excluding carboxylic acids is 1. The molecule has 0 saturated carbocycles. The van der Waals surface area contributed by atoms with Crippen molar-refractivity contribution in [2.45, 2.75) is 37.6 Å². The molecule has 0 spiro atoms. The molecular weight excluding hydrogens is 432 g/mol. The number of thioether (sulfide) groups is 1. The number of anilines is 1. The van der Waals surface area contributed by atoms with E-state index in [2.05, 4.69) is 14.8 Å². The van der Waals surface area contributed by atoms with Crippen LogP contribution in [0.5, 0.6) is 0 Å². The normalized spacial score (nSPS) is 15.9. The van der Waals surface area contributed by atoms with Gasteiger partial charge in [0.25, 0.3) is 0 Å². The first kappa shape index (κ1) is 21.9. The van der Waals surface area contributed by atoms with Crippen molar-refractivity contribution in [1.82, 2.24) is 14.8 Å². The third-order valence-electron chi connectivity index (χ3n) is 5.24. The summed E-state index contributed by atoms with van der Waals surface area (Å²) in [6.07, 6.45) is 2.21. The zero-order chi connectivity index (χ0) is 21.6. The summed E-state index contributed by atoms with van der Waals surface area (Å²) in [7, 11) is 0. The van der Waals surface area contributed by atoms with Crippen LogP contribution in [-0.4, -0.2) is 45.7 Å². The number of carbonyl (C=O) groups is 1. The molecule has 4 rings (SSSR count). The molecular formula is C23H25ClN4O2S. The Morgan fingerprint density at radius 1 is 1.19 bits per heavy atom. The maximum absolute atomic E-state index is 12.9. The van der Waals surface area contributed by atoms with E-state index in [1.165, 1.54) is 11.8 Å². The molecule has 2 heterocycles. The van der Waals surface area contributed by atoms with Gasteiger partial charge in [-0.15, -0.1) is 10.2 Å². The van der Waals surface area contributed by atoms with Crippen molar-refractivity contribution in [2.75, 3.05) is 23.8 Å². The van der Waals surface area contributed by atoms with Crippen molar-refractivity contribution in [3.05, 3.63) is 59.6 Å². The minimum absolute atomic E-state index is 0.0402.